The van der Waals surface area contributed by atoms with Crippen molar-refractivity contribution >= 4 is 5.97 Å². The Morgan fingerprint density at radius 1 is 1.80 bits per heavy atom. The topological polar surface area (TPSA) is 46.5 Å². The summed E-state index contributed by atoms with van der Waals surface area (Å²) in [6.07, 6.45) is 1.86. The van der Waals surface area contributed by atoms with E-state index in [-0.39, 0.29) is 12.0 Å². The van der Waals surface area contributed by atoms with Gasteiger partial charge in [-0.2, -0.15) is 0 Å². The van der Waals surface area contributed by atoms with Crippen molar-refractivity contribution in [2.45, 2.75) is 31.8 Å². The maximum atomic E-state index is 10.1. The maximum absolute atomic E-state index is 10.1. The molecule has 1 saturated heterocycles. The lowest BCUT2D eigenvalue weighted by atomic mass is 9.92. The van der Waals surface area contributed by atoms with Gasteiger partial charge in [0.25, 0.3) is 0 Å². The van der Waals surface area contributed by atoms with E-state index < -0.39 is 5.97 Å². The average Bonchev–Trinajstić information content (AvgIpc) is 1.79. The lowest BCUT2D eigenvalue weighted by Crippen LogP contribution is -2.40. The zero-order valence-corrected chi connectivity index (χ0v) is 6.09. The number of carbonyl (C=O) groups is 1. The van der Waals surface area contributed by atoms with E-state index in [4.69, 9.17) is 9.84 Å². The van der Waals surface area contributed by atoms with Gasteiger partial charge in [-0.1, -0.05) is 0 Å². The molecule has 0 bridgehead atoms. The quantitative estimate of drug-likeness (QED) is 0.643. The maximum Gasteiger partial charge on any atom is 0.303 e. The van der Waals surface area contributed by atoms with Crippen LogP contribution in [-0.2, 0) is 9.53 Å². The molecule has 1 fully saturated rings. The second-order valence-electron chi connectivity index (χ2n) is 2.94. The van der Waals surface area contributed by atoms with Crippen molar-refractivity contribution < 1.29 is 14.6 Å². The number of carboxylic acid groups (broad SMARTS) is 1. The summed E-state index contributed by atoms with van der Waals surface area (Å²) < 4.78 is 5.21. The van der Waals surface area contributed by atoms with Crippen molar-refractivity contribution in [1.82, 2.24) is 0 Å². The van der Waals surface area contributed by atoms with Gasteiger partial charge >= 0.3 is 5.97 Å². The minimum absolute atomic E-state index is 0.127. The zero-order chi connectivity index (χ0) is 7.61. The van der Waals surface area contributed by atoms with Gasteiger partial charge in [-0.05, 0) is 19.8 Å². The van der Waals surface area contributed by atoms with Gasteiger partial charge in [-0.25, -0.2) is 0 Å². The Kier molecular flexibility index (Phi) is 1.94. The zero-order valence-electron chi connectivity index (χ0n) is 6.09. The predicted octanol–water partition coefficient (Wildman–Crippen LogP) is 1.03. The van der Waals surface area contributed by atoms with Crippen molar-refractivity contribution in [3.63, 3.8) is 0 Å². The van der Waals surface area contributed by atoms with Crippen molar-refractivity contribution in [2.75, 3.05) is 6.61 Å². The van der Waals surface area contributed by atoms with Crippen LogP contribution in [0.5, 0.6) is 0 Å². The average molecular weight is 144 g/mol. The van der Waals surface area contributed by atoms with E-state index in [0.717, 1.165) is 13.0 Å². The molecule has 0 radical (unpaired) electrons. The van der Waals surface area contributed by atoms with E-state index in [1.165, 1.54) is 0 Å². The summed E-state index contributed by atoms with van der Waals surface area (Å²) >= 11 is 0. The van der Waals surface area contributed by atoms with Crippen LogP contribution in [0, 0.1) is 0 Å². The SMILES string of the molecule is CC1(CCC(=O)O)CCO1. The molecule has 1 aliphatic heterocycles. The molecule has 58 valence electrons. The number of hydrogen-bond donors (Lipinski definition) is 1. The van der Waals surface area contributed by atoms with Crippen LogP contribution < -0.4 is 0 Å². The Balaban J connectivity index is 2.18. The molecule has 0 aromatic rings. The molecule has 0 amide bonds. The van der Waals surface area contributed by atoms with Gasteiger partial charge in [0.2, 0.25) is 0 Å². The van der Waals surface area contributed by atoms with Crippen LogP contribution in [0.1, 0.15) is 26.2 Å². The molecular formula is C7H12O3. The number of aliphatic carboxylic acids is 1. The number of rotatable bonds is 3. The summed E-state index contributed by atoms with van der Waals surface area (Å²) in [5.74, 6) is -0.739. The molecule has 0 saturated carbocycles. The fraction of sp³-hybridized carbons (Fsp3) is 0.857. The van der Waals surface area contributed by atoms with Crippen molar-refractivity contribution in [3.05, 3.63) is 0 Å². The third kappa shape index (κ3) is 1.70. The molecule has 1 unspecified atom stereocenters. The van der Waals surface area contributed by atoms with Gasteiger partial charge in [0, 0.05) is 6.42 Å². The van der Waals surface area contributed by atoms with Crippen LogP contribution >= 0.6 is 0 Å². The first-order valence-corrected chi connectivity index (χ1v) is 3.48. The van der Waals surface area contributed by atoms with E-state index >= 15 is 0 Å². The van der Waals surface area contributed by atoms with Crippen LogP contribution in [0.2, 0.25) is 0 Å². The van der Waals surface area contributed by atoms with Crippen molar-refractivity contribution in [2.24, 2.45) is 0 Å². The second kappa shape index (κ2) is 2.58. The number of carboxylic acids is 1. The molecule has 1 heterocycles. The normalized spacial score (nSPS) is 31.3. The number of ether oxygens (including phenoxy) is 1. The van der Waals surface area contributed by atoms with E-state index in [1.807, 2.05) is 6.92 Å². The monoisotopic (exact) mass is 144 g/mol. The molecule has 3 nitrogen and oxygen atoms in total. The summed E-state index contributed by atoms with van der Waals surface area (Å²) in [7, 11) is 0. The molecule has 0 spiro atoms. The first-order chi connectivity index (χ1) is 4.62. The minimum atomic E-state index is -0.739. The van der Waals surface area contributed by atoms with E-state index in [0.29, 0.717) is 6.42 Å². The van der Waals surface area contributed by atoms with Gasteiger partial charge in [-0.3, -0.25) is 4.79 Å². The largest absolute Gasteiger partial charge is 0.481 e. The van der Waals surface area contributed by atoms with Crippen LogP contribution in [-0.4, -0.2) is 23.3 Å². The van der Waals surface area contributed by atoms with Gasteiger partial charge < -0.3 is 9.84 Å². The summed E-state index contributed by atoms with van der Waals surface area (Å²) in [5.41, 5.74) is -0.127. The summed E-state index contributed by atoms with van der Waals surface area (Å²) in [5, 5.41) is 8.34. The lowest BCUT2D eigenvalue weighted by Gasteiger charge is -2.38. The summed E-state index contributed by atoms with van der Waals surface area (Å²) in [6, 6.07) is 0. The Morgan fingerprint density at radius 2 is 2.40 bits per heavy atom. The van der Waals surface area contributed by atoms with E-state index in [9.17, 15) is 4.79 Å². The van der Waals surface area contributed by atoms with E-state index in [2.05, 4.69) is 0 Å². The van der Waals surface area contributed by atoms with E-state index in [1.54, 1.807) is 0 Å². The Bertz CT molecular complexity index is 138. The minimum Gasteiger partial charge on any atom is -0.481 e. The third-order valence-electron chi connectivity index (χ3n) is 1.95. The first kappa shape index (κ1) is 7.54. The molecule has 1 N–H and O–H groups in total. The van der Waals surface area contributed by atoms with Gasteiger partial charge in [-0.15, -0.1) is 0 Å². The van der Waals surface area contributed by atoms with Gasteiger partial charge in [0.1, 0.15) is 0 Å². The molecule has 1 atom stereocenters. The number of hydrogen-bond acceptors (Lipinski definition) is 2. The summed E-state index contributed by atoms with van der Waals surface area (Å²) in [4.78, 5) is 10.1. The Morgan fingerprint density at radius 3 is 2.70 bits per heavy atom. The molecular weight excluding hydrogens is 132 g/mol. The third-order valence-corrected chi connectivity index (χ3v) is 1.95. The molecule has 3 heteroatoms. The smallest absolute Gasteiger partial charge is 0.303 e. The molecule has 0 aliphatic carbocycles. The van der Waals surface area contributed by atoms with Crippen LogP contribution in [0.15, 0.2) is 0 Å². The van der Waals surface area contributed by atoms with Crippen LogP contribution in [0.3, 0.4) is 0 Å². The van der Waals surface area contributed by atoms with Gasteiger partial charge in [0.15, 0.2) is 0 Å². The molecule has 1 aliphatic rings. The van der Waals surface area contributed by atoms with Crippen LogP contribution in [0.4, 0.5) is 0 Å². The first-order valence-electron chi connectivity index (χ1n) is 3.48. The molecule has 0 aromatic heterocycles. The lowest BCUT2D eigenvalue weighted by molar-refractivity contribution is -0.152. The highest BCUT2D eigenvalue weighted by Gasteiger charge is 2.32. The highest BCUT2D eigenvalue weighted by molar-refractivity contribution is 5.66. The molecule has 1 rings (SSSR count). The predicted molar refractivity (Wildman–Crippen MR) is 35.8 cm³/mol. The highest BCUT2D eigenvalue weighted by Crippen LogP contribution is 2.30. The fourth-order valence-electron chi connectivity index (χ4n) is 1.02. The van der Waals surface area contributed by atoms with Crippen molar-refractivity contribution in [1.29, 1.82) is 0 Å². The highest BCUT2D eigenvalue weighted by atomic mass is 16.5. The molecule has 10 heavy (non-hydrogen) atoms. The summed E-state index contributed by atoms with van der Waals surface area (Å²) in [6.45, 7) is 2.75. The Hall–Kier alpha value is -0.570. The van der Waals surface area contributed by atoms with Gasteiger partial charge in [0.05, 0.1) is 12.2 Å². The Labute approximate surface area is 60.0 Å². The van der Waals surface area contributed by atoms with Crippen LogP contribution in [0.25, 0.3) is 0 Å². The second-order valence-corrected chi connectivity index (χ2v) is 2.94. The molecule has 0 aromatic carbocycles. The fourth-order valence-corrected chi connectivity index (χ4v) is 1.02. The standard InChI is InChI=1S/C7H12O3/c1-7(4-5-10-7)3-2-6(8)9/h2-5H2,1H3,(H,8,9). The van der Waals surface area contributed by atoms with Crippen molar-refractivity contribution in [3.8, 4) is 0 Å².